The molecule has 2 saturated heterocycles. The van der Waals surface area contributed by atoms with E-state index < -0.39 is 0 Å². The van der Waals surface area contributed by atoms with E-state index in [1.807, 2.05) is 41.8 Å². The van der Waals surface area contributed by atoms with Gasteiger partial charge in [0.2, 0.25) is 5.91 Å². The zero-order chi connectivity index (χ0) is 18.5. The number of likely N-dealkylation sites (tertiary alicyclic amines) is 2. The van der Waals surface area contributed by atoms with E-state index in [1.165, 1.54) is 0 Å². The minimum Gasteiger partial charge on any atom is -0.372 e. The van der Waals surface area contributed by atoms with Gasteiger partial charge >= 0.3 is 6.03 Å². The molecule has 0 aromatic carbocycles. The van der Waals surface area contributed by atoms with Gasteiger partial charge in [0, 0.05) is 38.3 Å². The van der Waals surface area contributed by atoms with Crippen LogP contribution in [0.3, 0.4) is 0 Å². The maximum absolute atomic E-state index is 12.5. The molecule has 3 heterocycles. The molecule has 2 fully saturated rings. The van der Waals surface area contributed by atoms with Crippen molar-refractivity contribution in [3.8, 4) is 0 Å². The lowest BCUT2D eigenvalue weighted by molar-refractivity contribution is -0.129. The average molecular weight is 360 g/mol. The molecule has 26 heavy (non-hydrogen) atoms. The van der Waals surface area contributed by atoms with Gasteiger partial charge in [0.1, 0.15) is 0 Å². The molecular formula is C19H28N4O3. The van der Waals surface area contributed by atoms with Crippen molar-refractivity contribution < 1.29 is 14.3 Å². The van der Waals surface area contributed by atoms with E-state index in [2.05, 4.69) is 10.3 Å². The lowest BCUT2D eigenvalue weighted by Crippen LogP contribution is -2.49. The number of nitrogens with zero attached hydrogens (tertiary/aromatic N) is 3. The van der Waals surface area contributed by atoms with Gasteiger partial charge in [-0.1, -0.05) is 6.07 Å². The molecule has 0 saturated carbocycles. The molecule has 2 aliphatic heterocycles. The third kappa shape index (κ3) is 4.72. The first kappa shape index (κ1) is 18.6. The summed E-state index contributed by atoms with van der Waals surface area (Å²) in [7, 11) is 0. The van der Waals surface area contributed by atoms with Crippen LogP contribution in [0.15, 0.2) is 24.4 Å². The van der Waals surface area contributed by atoms with Crippen LogP contribution in [0.4, 0.5) is 4.79 Å². The standard InChI is InChI=1S/C19H28N4O3/c1-14(2)23-12-16(11-18(23)24)21-19(25)22-9-6-17(7-10-22)26-13-15-5-3-4-8-20-15/h3-5,8,14,16-17H,6-7,9-13H2,1-2H3,(H,21,25)/t16-/m0/s1. The molecule has 0 radical (unpaired) electrons. The second kappa shape index (κ2) is 8.49. The molecule has 1 atom stereocenters. The molecule has 2 aliphatic rings. The third-order valence-electron chi connectivity index (χ3n) is 5.03. The minimum absolute atomic E-state index is 0.0726. The monoisotopic (exact) mass is 360 g/mol. The number of pyridine rings is 1. The Bertz CT molecular complexity index is 614. The molecule has 7 heteroatoms. The summed E-state index contributed by atoms with van der Waals surface area (Å²) in [5.41, 5.74) is 0.924. The summed E-state index contributed by atoms with van der Waals surface area (Å²) >= 11 is 0. The summed E-state index contributed by atoms with van der Waals surface area (Å²) in [6, 6.07) is 5.81. The molecule has 1 aromatic rings. The van der Waals surface area contributed by atoms with Crippen LogP contribution in [-0.2, 0) is 16.1 Å². The number of piperidine rings is 1. The fourth-order valence-electron chi connectivity index (χ4n) is 3.51. The minimum atomic E-state index is -0.0875. The number of carbonyl (C=O) groups is 2. The number of urea groups is 1. The van der Waals surface area contributed by atoms with E-state index in [-0.39, 0.29) is 30.1 Å². The molecule has 3 amide bonds. The zero-order valence-electron chi connectivity index (χ0n) is 15.6. The van der Waals surface area contributed by atoms with E-state index in [0.717, 1.165) is 18.5 Å². The van der Waals surface area contributed by atoms with E-state index in [1.54, 1.807) is 6.20 Å². The van der Waals surface area contributed by atoms with Gasteiger partial charge in [-0.05, 0) is 38.8 Å². The maximum Gasteiger partial charge on any atom is 0.317 e. The summed E-state index contributed by atoms with van der Waals surface area (Å²) in [6.45, 7) is 6.45. The molecule has 142 valence electrons. The predicted octanol–water partition coefficient (Wildman–Crippen LogP) is 1.78. The lowest BCUT2D eigenvalue weighted by Gasteiger charge is -2.32. The number of amides is 3. The third-order valence-corrected chi connectivity index (χ3v) is 5.03. The molecule has 0 aliphatic carbocycles. The SMILES string of the molecule is CC(C)N1C[C@@H](NC(=O)N2CCC(OCc3ccccn3)CC2)CC1=O. The summed E-state index contributed by atoms with van der Waals surface area (Å²) in [5.74, 6) is 0.118. The highest BCUT2D eigenvalue weighted by Gasteiger charge is 2.33. The first-order chi connectivity index (χ1) is 12.5. The average Bonchev–Trinajstić information content (AvgIpc) is 3.01. The van der Waals surface area contributed by atoms with Gasteiger partial charge in [-0.25, -0.2) is 4.79 Å². The fraction of sp³-hybridized carbons (Fsp3) is 0.632. The predicted molar refractivity (Wildman–Crippen MR) is 97.4 cm³/mol. The van der Waals surface area contributed by atoms with E-state index in [9.17, 15) is 9.59 Å². The first-order valence-corrected chi connectivity index (χ1v) is 9.39. The largest absolute Gasteiger partial charge is 0.372 e. The Morgan fingerprint density at radius 3 is 2.73 bits per heavy atom. The van der Waals surface area contributed by atoms with Crippen molar-refractivity contribution in [3.63, 3.8) is 0 Å². The van der Waals surface area contributed by atoms with Gasteiger partial charge in [-0.15, -0.1) is 0 Å². The van der Waals surface area contributed by atoms with Crippen molar-refractivity contribution in [1.29, 1.82) is 0 Å². The lowest BCUT2D eigenvalue weighted by atomic mass is 10.1. The Balaban J connectivity index is 1.39. The first-order valence-electron chi connectivity index (χ1n) is 9.39. The molecule has 0 unspecified atom stereocenters. The van der Waals surface area contributed by atoms with Crippen molar-refractivity contribution in [2.24, 2.45) is 0 Å². The second-order valence-corrected chi connectivity index (χ2v) is 7.31. The van der Waals surface area contributed by atoms with Crippen molar-refractivity contribution in [2.75, 3.05) is 19.6 Å². The van der Waals surface area contributed by atoms with Crippen LogP contribution in [-0.4, -0.2) is 64.5 Å². The molecule has 1 aromatic heterocycles. The van der Waals surface area contributed by atoms with Gasteiger partial charge in [0.25, 0.3) is 0 Å². The quantitative estimate of drug-likeness (QED) is 0.869. The Labute approximate surface area is 154 Å². The molecule has 1 N–H and O–H groups in total. The summed E-state index contributed by atoms with van der Waals surface area (Å²) in [6.07, 6.45) is 3.96. The number of carbonyl (C=O) groups excluding carboxylic acids is 2. The van der Waals surface area contributed by atoms with Crippen molar-refractivity contribution in [1.82, 2.24) is 20.1 Å². The summed E-state index contributed by atoms with van der Waals surface area (Å²) in [4.78, 5) is 32.3. The Morgan fingerprint density at radius 2 is 2.12 bits per heavy atom. The second-order valence-electron chi connectivity index (χ2n) is 7.31. The van der Waals surface area contributed by atoms with E-state index in [0.29, 0.717) is 32.7 Å². The summed E-state index contributed by atoms with van der Waals surface area (Å²) in [5, 5.41) is 3.01. The number of nitrogens with one attached hydrogen (secondary N) is 1. The van der Waals surface area contributed by atoms with Gasteiger partial charge < -0.3 is 19.9 Å². The molecule has 0 bridgehead atoms. The zero-order valence-corrected chi connectivity index (χ0v) is 15.6. The number of ether oxygens (including phenoxy) is 1. The van der Waals surface area contributed by atoms with Crippen LogP contribution in [0.1, 0.15) is 38.8 Å². The van der Waals surface area contributed by atoms with Crippen LogP contribution < -0.4 is 5.32 Å². The van der Waals surface area contributed by atoms with E-state index >= 15 is 0 Å². The van der Waals surface area contributed by atoms with Gasteiger partial charge in [0.05, 0.1) is 24.4 Å². The van der Waals surface area contributed by atoms with Crippen LogP contribution in [0.25, 0.3) is 0 Å². The highest BCUT2D eigenvalue weighted by Crippen LogP contribution is 2.17. The van der Waals surface area contributed by atoms with Crippen LogP contribution in [0, 0.1) is 0 Å². The highest BCUT2D eigenvalue weighted by molar-refractivity contribution is 5.82. The van der Waals surface area contributed by atoms with Crippen LogP contribution in [0.2, 0.25) is 0 Å². The van der Waals surface area contributed by atoms with Gasteiger partial charge in [-0.3, -0.25) is 9.78 Å². The Morgan fingerprint density at radius 1 is 1.35 bits per heavy atom. The Hall–Kier alpha value is -2.15. The van der Waals surface area contributed by atoms with Crippen LogP contribution in [0.5, 0.6) is 0 Å². The van der Waals surface area contributed by atoms with Crippen molar-refractivity contribution in [3.05, 3.63) is 30.1 Å². The fourth-order valence-corrected chi connectivity index (χ4v) is 3.51. The maximum atomic E-state index is 12.5. The van der Waals surface area contributed by atoms with E-state index in [4.69, 9.17) is 4.74 Å². The van der Waals surface area contributed by atoms with Crippen molar-refractivity contribution in [2.45, 2.75) is 57.9 Å². The van der Waals surface area contributed by atoms with Gasteiger partial charge in [0.15, 0.2) is 0 Å². The van der Waals surface area contributed by atoms with Crippen LogP contribution >= 0.6 is 0 Å². The number of aromatic nitrogens is 1. The number of rotatable bonds is 5. The van der Waals surface area contributed by atoms with Gasteiger partial charge in [-0.2, -0.15) is 0 Å². The molecule has 0 spiro atoms. The topological polar surface area (TPSA) is 74.8 Å². The van der Waals surface area contributed by atoms with Crippen molar-refractivity contribution >= 4 is 11.9 Å². The molecular weight excluding hydrogens is 332 g/mol. The molecule has 7 nitrogen and oxygen atoms in total. The Kier molecular flexibility index (Phi) is 6.08. The number of hydrogen-bond acceptors (Lipinski definition) is 4. The molecule has 3 rings (SSSR count). The number of hydrogen-bond donors (Lipinski definition) is 1. The smallest absolute Gasteiger partial charge is 0.317 e. The normalized spacial score (nSPS) is 21.5. The summed E-state index contributed by atoms with van der Waals surface area (Å²) < 4.78 is 5.91. The highest BCUT2D eigenvalue weighted by atomic mass is 16.5.